The molecule has 1 amide bonds. The molecule has 1 aromatic carbocycles. The van der Waals surface area contributed by atoms with Gasteiger partial charge in [0.05, 0.1) is 23.7 Å². The van der Waals surface area contributed by atoms with Crippen LogP contribution >= 0.6 is 22.9 Å². The molecular weight excluding hydrogens is 330 g/mol. The third-order valence-electron chi connectivity index (χ3n) is 3.97. The van der Waals surface area contributed by atoms with Gasteiger partial charge in [0.2, 0.25) is 0 Å². The number of amides is 1. The quantitative estimate of drug-likeness (QED) is 0.756. The van der Waals surface area contributed by atoms with Gasteiger partial charge in [0.1, 0.15) is 5.69 Å². The molecule has 1 N–H and O–H groups in total. The van der Waals surface area contributed by atoms with Crippen molar-refractivity contribution in [2.75, 3.05) is 0 Å². The fourth-order valence-electron chi connectivity index (χ4n) is 2.85. The molecule has 23 heavy (non-hydrogen) atoms. The summed E-state index contributed by atoms with van der Waals surface area (Å²) in [4.78, 5) is 15.6. The van der Waals surface area contributed by atoms with E-state index in [1.54, 1.807) is 35.6 Å². The van der Waals surface area contributed by atoms with Gasteiger partial charge in [-0.3, -0.25) is 9.89 Å². The van der Waals surface area contributed by atoms with Gasteiger partial charge in [0.15, 0.2) is 0 Å². The van der Waals surface area contributed by atoms with Crippen LogP contribution in [0.15, 0.2) is 35.7 Å². The fraction of sp³-hybridized carbons (Fsp3) is 0.176. The maximum Gasteiger partial charge on any atom is 0.254 e. The molecule has 4 rings (SSSR count). The highest BCUT2D eigenvalue weighted by Gasteiger charge is 2.29. The Bertz CT molecular complexity index is 899. The topological polar surface area (TPSA) is 49.0 Å². The number of nitrogens with zero attached hydrogens (tertiary/aromatic N) is 2. The Labute approximate surface area is 142 Å². The van der Waals surface area contributed by atoms with Crippen molar-refractivity contribution < 1.29 is 4.79 Å². The molecule has 0 bridgehead atoms. The Kier molecular flexibility index (Phi) is 3.47. The highest BCUT2D eigenvalue weighted by Crippen LogP contribution is 2.34. The molecule has 4 nitrogen and oxygen atoms in total. The van der Waals surface area contributed by atoms with Crippen LogP contribution in [0.1, 0.15) is 27.2 Å². The van der Waals surface area contributed by atoms with Crippen LogP contribution in [0, 0.1) is 6.92 Å². The number of aryl methyl sites for hydroxylation is 1. The predicted molar refractivity (Wildman–Crippen MR) is 91.7 cm³/mol. The molecule has 116 valence electrons. The number of H-pyrrole nitrogens is 1. The third kappa shape index (κ3) is 2.56. The minimum absolute atomic E-state index is 0.00888. The Hall–Kier alpha value is -2.11. The second-order valence-corrected chi connectivity index (χ2v) is 7.04. The molecule has 3 heterocycles. The van der Waals surface area contributed by atoms with Crippen molar-refractivity contribution in [2.45, 2.75) is 20.0 Å². The summed E-state index contributed by atoms with van der Waals surface area (Å²) in [7, 11) is 0. The van der Waals surface area contributed by atoms with E-state index in [4.69, 9.17) is 11.6 Å². The largest absolute Gasteiger partial charge is 0.328 e. The average molecular weight is 344 g/mol. The zero-order valence-corrected chi connectivity index (χ0v) is 14.0. The van der Waals surface area contributed by atoms with E-state index in [0.717, 1.165) is 21.8 Å². The standard InChI is InChI=1S/C17H14ClN3OS/c1-10-5-15(23-9-10)16-13-7-21(8-14(13)19-20-16)17(22)11-3-2-4-12(18)6-11/h2-6,9H,7-8H2,1H3,(H,19,20). The number of benzene rings is 1. The number of thiophene rings is 1. The Morgan fingerprint density at radius 1 is 1.35 bits per heavy atom. The van der Waals surface area contributed by atoms with Gasteiger partial charge in [-0.2, -0.15) is 5.10 Å². The minimum Gasteiger partial charge on any atom is -0.328 e. The number of carbonyl (C=O) groups excluding carboxylic acids is 1. The van der Waals surface area contributed by atoms with Gasteiger partial charge < -0.3 is 4.90 Å². The number of aromatic nitrogens is 2. The zero-order valence-electron chi connectivity index (χ0n) is 12.5. The van der Waals surface area contributed by atoms with Crippen molar-refractivity contribution in [3.8, 4) is 10.6 Å². The molecular formula is C17H14ClN3OS. The van der Waals surface area contributed by atoms with E-state index in [1.807, 2.05) is 4.90 Å². The van der Waals surface area contributed by atoms with Crippen LogP contribution in [-0.4, -0.2) is 21.0 Å². The van der Waals surface area contributed by atoms with Crippen molar-refractivity contribution >= 4 is 28.8 Å². The number of halogens is 1. The Morgan fingerprint density at radius 2 is 2.22 bits per heavy atom. The molecule has 0 spiro atoms. The summed E-state index contributed by atoms with van der Waals surface area (Å²) < 4.78 is 0. The Morgan fingerprint density at radius 3 is 2.96 bits per heavy atom. The summed E-state index contributed by atoms with van der Waals surface area (Å²) in [6, 6.07) is 9.20. The van der Waals surface area contributed by atoms with E-state index in [2.05, 4.69) is 28.6 Å². The molecule has 0 saturated heterocycles. The molecule has 0 radical (unpaired) electrons. The SMILES string of the molecule is Cc1csc(-c2n[nH]c3c2CN(C(=O)c2cccc(Cl)c2)C3)c1. The maximum atomic E-state index is 12.7. The lowest BCUT2D eigenvalue weighted by molar-refractivity contribution is 0.0749. The highest BCUT2D eigenvalue weighted by atomic mass is 35.5. The van der Waals surface area contributed by atoms with Gasteiger partial charge in [-0.25, -0.2) is 0 Å². The first-order valence-corrected chi connectivity index (χ1v) is 8.54. The molecule has 0 unspecified atom stereocenters. The summed E-state index contributed by atoms with van der Waals surface area (Å²) in [5, 5.41) is 10.2. The summed E-state index contributed by atoms with van der Waals surface area (Å²) in [5.74, 6) is -0.00888. The predicted octanol–water partition coefficient (Wildman–Crippen LogP) is 4.26. The van der Waals surface area contributed by atoms with E-state index < -0.39 is 0 Å². The second-order valence-electron chi connectivity index (χ2n) is 5.69. The van der Waals surface area contributed by atoms with Crippen LogP contribution in [-0.2, 0) is 13.1 Å². The van der Waals surface area contributed by atoms with E-state index in [1.165, 1.54) is 5.56 Å². The summed E-state index contributed by atoms with van der Waals surface area (Å²) >= 11 is 7.66. The average Bonchev–Trinajstić information content (AvgIpc) is 3.21. The summed E-state index contributed by atoms with van der Waals surface area (Å²) in [6.45, 7) is 3.20. The van der Waals surface area contributed by atoms with Gasteiger partial charge in [0.25, 0.3) is 5.91 Å². The molecule has 1 aliphatic heterocycles. The van der Waals surface area contributed by atoms with Crippen molar-refractivity contribution in [1.82, 2.24) is 15.1 Å². The van der Waals surface area contributed by atoms with Crippen LogP contribution in [0.2, 0.25) is 5.02 Å². The molecule has 0 aliphatic carbocycles. The van der Waals surface area contributed by atoms with E-state index in [-0.39, 0.29) is 5.91 Å². The number of nitrogens with one attached hydrogen (secondary N) is 1. The van der Waals surface area contributed by atoms with Crippen LogP contribution in [0.5, 0.6) is 0 Å². The molecule has 3 aromatic rings. The number of fused-ring (bicyclic) bond motifs is 1. The number of hydrogen-bond acceptors (Lipinski definition) is 3. The number of hydrogen-bond donors (Lipinski definition) is 1. The first-order valence-electron chi connectivity index (χ1n) is 7.28. The van der Waals surface area contributed by atoms with Crippen LogP contribution in [0.4, 0.5) is 0 Å². The first kappa shape index (κ1) is 14.5. The third-order valence-corrected chi connectivity index (χ3v) is 5.26. The molecule has 0 fully saturated rings. The molecule has 0 atom stereocenters. The van der Waals surface area contributed by atoms with Crippen molar-refractivity contribution in [3.63, 3.8) is 0 Å². The molecule has 2 aromatic heterocycles. The lowest BCUT2D eigenvalue weighted by Gasteiger charge is -2.15. The number of carbonyl (C=O) groups is 1. The lowest BCUT2D eigenvalue weighted by atomic mass is 10.2. The summed E-state index contributed by atoms with van der Waals surface area (Å²) in [5.41, 5.74) is 4.93. The van der Waals surface area contributed by atoms with E-state index in [0.29, 0.717) is 23.7 Å². The smallest absolute Gasteiger partial charge is 0.254 e. The van der Waals surface area contributed by atoms with E-state index >= 15 is 0 Å². The van der Waals surface area contributed by atoms with E-state index in [9.17, 15) is 4.79 Å². The van der Waals surface area contributed by atoms with Gasteiger partial charge in [0, 0.05) is 16.1 Å². The molecule has 1 aliphatic rings. The summed E-state index contributed by atoms with van der Waals surface area (Å²) in [6.07, 6.45) is 0. The normalized spacial score (nSPS) is 13.4. The number of rotatable bonds is 2. The molecule has 0 saturated carbocycles. The number of aromatic amines is 1. The van der Waals surface area contributed by atoms with Gasteiger partial charge in [-0.1, -0.05) is 17.7 Å². The van der Waals surface area contributed by atoms with Gasteiger partial charge >= 0.3 is 0 Å². The van der Waals surface area contributed by atoms with Crippen molar-refractivity contribution in [3.05, 3.63) is 63.1 Å². The van der Waals surface area contributed by atoms with Gasteiger partial charge in [-0.15, -0.1) is 11.3 Å². The monoisotopic (exact) mass is 343 g/mol. The van der Waals surface area contributed by atoms with Crippen LogP contribution in [0.3, 0.4) is 0 Å². The zero-order chi connectivity index (χ0) is 16.0. The highest BCUT2D eigenvalue weighted by molar-refractivity contribution is 7.13. The van der Waals surface area contributed by atoms with Crippen molar-refractivity contribution in [2.24, 2.45) is 0 Å². The van der Waals surface area contributed by atoms with Gasteiger partial charge in [-0.05, 0) is 42.1 Å². The van der Waals surface area contributed by atoms with Crippen LogP contribution < -0.4 is 0 Å². The first-order chi connectivity index (χ1) is 11.1. The Balaban J connectivity index is 1.61. The fourth-order valence-corrected chi connectivity index (χ4v) is 3.95. The maximum absolute atomic E-state index is 12.7. The molecule has 6 heteroatoms. The van der Waals surface area contributed by atoms with Crippen molar-refractivity contribution in [1.29, 1.82) is 0 Å². The lowest BCUT2D eigenvalue weighted by Crippen LogP contribution is -2.25. The van der Waals surface area contributed by atoms with Crippen LogP contribution in [0.25, 0.3) is 10.6 Å². The second kappa shape index (κ2) is 5.51. The minimum atomic E-state index is -0.00888.